The number of rotatable bonds is 4. The Morgan fingerprint density at radius 1 is 0.760 bits per heavy atom. The first kappa shape index (κ1) is 15.6. The third kappa shape index (κ3) is 2.93. The molecule has 0 spiro atoms. The molecule has 0 radical (unpaired) electrons. The van der Waals surface area contributed by atoms with Crippen molar-refractivity contribution in [2.24, 2.45) is 17.8 Å². The molecule has 0 aromatic heterocycles. The number of hydrogen-bond donors (Lipinski definition) is 1. The highest BCUT2D eigenvalue weighted by molar-refractivity contribution is 5.63. The van der Waals surface area contributed by atoms with Gasteiger partial charge in [0, 0.05) is 11.6 Å². The first-order valence-electron chi connectivity index (χ1n) is 10.1. The fourth-order valence-corrected chi connectivity index (χ4v) is 6.42. The van der Waals surface area contributed by atoms with Crippen molar-refractivity contribution in [3.63, 3.8) is 0 Å². The van der Waals surface area contributed by atoms with Crippen molar-refractivity contribution in [2.75, 3.05) is 0 Å². The highest BCUT2D eigenvalue weighted by atomic mass is 15.0. The van der Waals surface area contributed by atoms with Gasteiger partial charge >= 0.3 is 0 Å². The molecule has 1 heteroatoms. The van der Waals surface area contributed by atoms with Crippen molar-refractivity contribution in [1.29, 1.82) is 0 Å². The number of benzene rings is 2. The Kier molecular flexibility index (Phi) is 3.74. The van der Waals surface area contributed by atoms with Crippen LogP contribution in [-0.4, -0.2) is 5.54 Å². The van der Waals surface area contributed by atoms with Crippen molar-refractivity contribution in [3.8, 4) is 11.1 Å². The average Bonchev–Trinajstić information content (AvgIpc) is 2.61. The van der Waals surface area contributed by atoms with E-state index in [1.807, 2.05) is 0 Å². The van der Waals surface area contributed by atoms with Gasteiger partial charge in [-0.05, 0) is 79.9 Å². The molecule has 4 aliphatic carbocycles. The average molecular weight is 332 g/mol. The van der Waals surface area contributed by atoms with Crippen LogP contribution in [0.25, 0.3) is 11.1 Å². The van der Waals surface area contributed by atoms with E-state index in [0.29, 0.717) is 11.6 Å². The van der Waals surface area contributed by atoms with E-state index in [-0.39, 0.29) is 0 Å². The lowest BCUT2D eigenvalue weighted by molar-refractivity contribution is -0.0245. The van der Waals surface area contributed by atoms with Gasteiger partial charge in [-0.1, -0.05) is 54.6 Å². The van der Waals surface area contributed by atoms with Crippen LogP contribution in [0.15, 0.2) is 54.6 Å². The van der Waals surface area contributed by atoms with Crippen molar-refractivity contribution in [2.45, 2.75) is 57.0 Å². The summed E-state index contributed by atoms with van der Waals surface area (Å²) in [6.45, 7) is 2.36. The predicted molar refractivity (Wildman–Crippen MR) is 104 cm³/mol. The van der Waals surface area contributed by atoms with Gasteiger partial charge in [0.05, 0.1) is 0 Å². The Balaban J connectivity index is 1.32. The minimum atomic E-state index is 0.437. The molecule has 4 fully saturated rings. The third-order valence-corrected chi connectivity index (χ3v) is 7.08. The maximum absolute atomic E-state index is 4.10. The topological polar surface area (TPSA) is 12.0 Å². The molecule has 0 amide bonds. The summed E-state index contributed by atoms with van der Waals surface area (Å²) in [5.41, 5.74) is 4.48. The van der Waals surface area contributed by atoms with E-state index >= 15 is 0 Å². The predicted octanol–water partition coefficient (Wildman–Crippen LogP) is 5.97. The van der Waals surface area contributed by atoms with E-state index in [4.69, 9.17) is 0 Å². The second-order valence-electron chi connectivity index (χ2n) is 9.05. The van der Waals surface area contributed by atoms with Crippen LogP contribution in [0, 0.1) is 17.8 Å². The standard InChI is InChI=1S/C24H29N/c1-17(21-7-9-23(10-8-21)22-5-3-2-4-6-22)25-24-14-18-11-19(15-24)13-20(12-18)16-24/h2-10,17-20,25H,11-16H2,1H3. The van der Waals surface area contributed by atoms with Crippen molar-refractivity contribution in [1.82, 2.24) is 5.32 Å². The van der Waals surface area contributed by atoms with Gasteiger partial charge in [0.1, 0.15) is 0 Å². The van der Waals surface area contributed by atoms with Gasteiger partial charge in [-0.15, -0.1) is 0 Å². The minimum absolute atomic E-state index is 0.437. The summed E-state index contributed by atoms with van der Waals surface area (Å²) in [5.74, 6) is 3.02. The van der Waals surface area contributed by atoms with E-state index in [0.717, 1.165) is 17.8 Å². The summed E-state index contributed by atoms with van der Waals surface area (Å²) in [4.78, 5) is 0. The van der Waals surface area contributed by atoms with Crippen molar-refractivity contribution in [3.05, 3.63) is 60.2 Å². The monoisotopic (exact) mass is 331 g/mol. The lowest BCUT2D eigenvalue weighted by Gasteiger charge is -2.58. The van der Waals surface area contributed by atoms with Crippen LogP contribution in [0.4, 0.5) is 0 Å². The zero-order valence-corrected chi connectivity index (χ0v) is 15.2. The van der Waals surface area contributed by atoms with Crippen LogP contribution >= 0.6 is 0 Å². The van der Waals surface area contributed by atoms with Gasteiger partial charge in [0.25, 0.3) is 0 Å². The first-order valence-corrected chi connectivity index (χ1v) is 10.1. The van der Waals surface area contributed by atoms with Crippen molar-refractivity contribution >= 4 is 0 Å². The van der Waals surface area contributed by atoms with Gasteiger partial charge in [0.15, 0.2) is 0 Å². The minimum Gasteiger partial charge on any atom is -0.305 e. The van der Waals surface area contributed by atoms with Crippen LogP contribution < -0.4 is 5.32 Å². The lowest BCUT2D eigenvalue weighted by atomic mass is 9.53. The summed E-state index contributed by atoms with van der Waals surface area (Å²) in [6, 6.07) is 20.3. The summed E-state index contributed by atoms with van der Waals surface area (Å²) < 4.78 is 0. The molecule has 6 rings (SSSR count). The second-order valence-corrected chi connectivity index (χ2v) is 9.05. The highest BCUT2D eigenvalue weighted by Gasteiger charge is 2.51. The summed E-state index contributed by atoms with van der Waals surface area (Å²) in [6.07, 6.45) is 8.81. The van der Waals surface area contributed by atoms with Crippen LogP contribution in [0.3, 0.4) is 0 Å². The van der Waals surface area contributed by atoms with Crippen LogP contribution in [0.1, 0.15) is 57.1 Å². The molecule has 0 aliphatic heterocycles. The Bertz CT molecular complexity index is 695. The molecule has 2 aromatic carbocycles. The van der Waals surface area contributed by atoms with E-state index in [1.54, 1.807) is 0 Å². The maximum Gasteiger partial charge on any atom is 0.0296 e. The van der Waals surface area contributed by atoms with Gasteiger partial charge in [0.2, 0.25) is 0 Å². The Labute approximate surface area is 151 Å². The van der Waals surface area contributed by atoms with Gasteiger partial charge in [-0.3, -0.25) is 0 Å². The van der Waals surface area contributed by atoms with E-state index in [1.165, 1.54) is 55.2 Å². The third-order valence-electron chi connectivity index (χ3n) is 7.08. The Morgan fingerprint density at radius 3 is 1.84 bits per heavy atom. The van der Waals surface area contributed by atoms with Gasteiger partial charge in [-0.2, -0.15) is 0 Å². The molecule has 1 N–H and O–H groups in total. The lowest BCUT2D eigenvalue weighted by Crippen LogP contribution is -2.58. The van der Waals surface area contributed by atoms with Gasteiger partial charge < -0.3 is 5.32 Å². The second kappa shape index (κ2) is 5.99. The molecular weight excluding hydrogens is 302 g/mol. The van der Waals surface area contributed by atoms with Crippen LogP contribution in [0.5, 0.6) is 0 Å². The van der Waals surface area contributed by atoms with E-state index in [2.05, 4.69) is 66.8 Å². The molecule has 130 valence electrons. The van der Waals surface area contributed by atoms with Crippen LogP contribution in [0.2, 0.25) is 0 Å². The molecule has 4 saturated carbocycles. The van der Waals surface area contributed by atoms with Crippen molar-refractivity contribution < 1.29 is 0 Å². The molecule has 25 heavy (non-hydrogen) atoms. The van der Waals surface area contributed by atoms with E-state index in [9.17, 15) is 0 Å². The number of nitrogens with one attached hydrogen (secondary N) is 1. The quantitative estimate of drug-likeness (QED) is 0.727. The first-order chi connectivity index (χ1) is 12.2. The van der Waals surface area contributed by atoms with Gasteiger partial charge in [-0.25, -0.2) is 0 Å². The molecule has 0 heterocycles. The van der Waals surface area contributed by atoms with E-state index < -0.39 is 0 Å². The molecule has 1 nitrogen and oxygen atoms in total. The number of hydrogen-bond acceptors (Lipinski definition) is 1. The SMILES string of the molecule is CC(NC12CC3CC(CC(C3)C1)C2)c1ccc(-c2ccccc2)cc1. The molecule has 0 saturated heterocycles. The Hall–Kier alpha value is -1.60. The molecule has 2 aromatic rings. The zero-order chi connectivity index (χ0) is 16.9. The molecule has 1 atom stereocenters. The summed E-state index contributed by atoms with van der Waals surface area (Å²) in [7, 11) is 0. The van der Waals surface area contributed by atoms with Crippen LogP contribution in [-0.2, 0) is 0 Å². The molecule has 4 bridgehead atoms. The summed E-state index contributed by atoms with van der Waals surface area (Å²) in [5, 5.41) is 4.10. The fraction of sp³-hybridized carbons (Fsp3) is 0.500. The Morgan fingerprint density at radius 2 is 1.28 bits per heavy atom. The summed E-state index contributed by atoms with van der Waals surface area (Å²) >= 11 is 0. The maximum atomic E-state index is 4.10. The normalized spacial score (nSPS) is 34.2. The molecule has 1 unspecified atom stereocenters. The smallest absolute Gasteiger partial charge is 0.0296 e. The highest BCUT2D eigenvalue weighted by Crippen LogP contribution is 2.56. The molecule has 4 aliphatic rings. The zero-order valence-electron chi connectivity index (χ0n) is 15.2. The fourth-order valence-electron chi connectivity index (χ4n) is 6.42. The molecular formula is C24H29N. The largest absolute Gasteiger partial charge is 0.305 e.